The smallest absolute Gasteiger partial charge is 0.295 e. The van der Waals surface area contributed by atoms with Crippen LogP contribution >= 0.6 is 0 Å². The highest BCUT2D eigenvalue weighted by Crippen LogP contribution is 2.27. The van der Waals surface area contributed by atoms with Crippen LogP contribution in [0.25, 0.3) is 5.69 Å². The van der Waals surface area contributed by atoms with Gasteiger partial charge in [0.2, 0.25) is 0 Å². The van der Waals surface area contributed by atoms with Crippen LogP contribution in [0.4, 0.5) is 17.1 Å². The molecule has 3 aromatic rings. The minimum atomic E-state index is -0.582. The topological polar surface area (TPSA) is 112 Å². The van der Waals surface area contributed by atoms with Crippen molar-refractivity contribution in [3.05, 3.63) is 80.3 Å². The Kier molecular flexibility index (Phi) is 5.78. The van der Waals surface area contributed by atoms with Crippen molar-refractivity contribution in [3.8, 4) is 5.69 Å². The largest absolute Gasteiger partial charge is 0.378 e. The van der Waals surface area contributed by atoms with Gasteiger partial charge in [0.25, 0.3) is 17.2 Å². The molecule has 32 heavy (non-hydrogen) atoms. The molecule has 1 fully saturated rings. The van der Waals surface area contributed by atoms with E-state index in [2.05, 4.69) is 5.32 Å². The molecule has 0 bridgehead atoms. The lowest BCUT2D eigenvalue weighted by atomic mass is 10.1. The van der Waals surface area contributed by atoms with E-state index in [1.54, 1.807) is 36.9 Å². The van der Waals surface area contributed by atoms with Crippen LogP contribution < -0.4 is 15.8 Å². The zero-order chi connectivity index (χ0) is 22.8. The molecule has 1 amide bonds. The Balaban J connectivity index is 1.74. The number of ether oxygens (including phenoxy) is 1. The molecule has 10 nitrogen and oxygen atoms in total. The van der Waals surface area contributed by atoms with Gasteiger partial charge in [-0.05, 0) is 25.1 Å². The first-order chi connectivity index (χ1) is 15.4. The molecule has 2 aromatic carbocycles. The van der Waals surface area contributed by atoms with Crippen LogP contribution in [0.5, 0.6) is 0 Å². The number of rotatable bonds is 5. The summed E-state index contributed by atoms with van der Waals surface area (Å²) >= 11 is 0. The summed E-state index contributed by atoms with van der Waals surface area (Å²) in [5, 5.41) is 14.0. The third kappa shape index (κ3) is 3.87. The van der Waals surface area contributed by atoms with Gasteiger partial charge < -0.3 is 15.0 Å². The predicted octanol–water partition coefficient (Wildman–Crippen LogP) is 2.48. The van der Waals surface area contributed by atoms with Crippen LogP contribution in [0.3, 0.4) is 0 Å². The fraction of sp³-hybridized carbons (Fsp3) is 0.273. The molecular formula is C22H23N5O5. The SMILES string of the molecule is Cc1c(NC(=O)c2cc([N+](=O)[O-])ccc2N2CCOCC2)c(=O)n(-c2ccccc2)n1C. The van der Waals surface area contributed by atoms with E-state index in [0.717, 1.165) is 0 Å². The number of morpholine rings is 1. The monoisotopic (exact) mass is 437 g/mol. The second kappa shape index (κ2) is 8.67. The number of benzene rings is 2. The third-order valence-electron chi connectivity index (χ3n) is 5.58. The molecule has 0 aliphatic carbocycles. The van der Waals surface area contributed by atoms with Crippen LogP contribution in [0.1, 0.15) is 16.1 Å². The van der Waals surface area contributed by atoms with Gasteiger partial charge in [0.05, 0.1) is 40.8 Å². The molecule has 10 heteroatoms. The van der Waals surface area contributed by atoms with Crippen LogP contribution in [-0.4, -0.2) is 46.5 Å². The van der Waals surface area contributed by atoms with Gasteiger partial charge in [-0.1, -0.05) is 18.2 Å². The molecule has 0 radical (unpaired) electrons. The number of carbonyl (C=O) groups is 1. The Hall–Kier alpha value is -3.92. The fourth-order valence-corrected chi connectivity index (χ4v) is 3.79. The number of nitrogens with zero attached hydrogens (tertiary/aromatic N) is 4. The van der Waals surface area contributed by atoms with Crippen molar-refractivity contribution in [3.63, 3.8) is 0 Å². The Morgan fingerprint density at radius 2 is 1.81 bits per heavy atom. The maximum absolute atomic E-state index is 13.3. The lowest BCUT2D eigenvalue weighted by Gasteiger charge is -2.30. The highest BCUT2D eigenvalue weighted by Gasteiger charge is 2.25. The predicted molar refractivity (Wildman–Crippen MR) is 120 cm³/mol. The maximum atomic E-state index is 13.3. The van der Waals surface area contributed by atoms with Crippen molar-refractivity contribution in [2.75, 3.05) is 36.5 Å². The number of anilines is 2. The van der Waals surface area contributed by atoms with E-state index in [1.165, 1.54) is 16.8 Å². The molecule has 2 heterocycles. The van der Waals surface area contributed by atoms with Crippen LogP contribution in [-0.2, 0) is 11.8 Å². The number of para-hydroxylation sites is 1. The van der Waals surface area contributed by atoms with Crippen molar-refractivity contribution in [1.82, 2.24) is 9.36 Å². The van der Waals surface area contributed by atoms with E-state index in [1.807, 2.05) is 23.1 Å². The second-order valence-corrected chi connectivity index (χ2v) is 7.45. The summed E-state index contributed by atoms with van der Waals surface area (Å²) in [7, 11) is 1.73. The first-order valence-corrected chi connectivity index (χ1v) is 10.1. The summed E-state index contributed by atoms with van der Waals surface area (Å²) in [5.41, 5.74) is 1.46. The van der Waals surface area contributed by atoms with Crippen molar-refractivity contribution in [2.24, 2.45) is 7.05 Å². The van der Waals surface area contributed by atoms with E-state index in [0.29, 0.717) is 43.4 Å². The van der Waals surface area contributed by atoms with E-state index in [9.17, 15) is 19.7 Å². The van der Waals surface area contributed by atoms with Gasteiger partial charge in [0.1, 0.15) is 5.69 Å². The lowest BCUT2D eigenvalue weighted by Crippen LogP contribution is -2.37. The molecular weight excluding hydrogens is 414 g/mol. The third-order valence-corrected chi connectivity index (χ3v) is 5.58. The van der Waals surface area contributed by atoms with Crippen molar-refractivity contribution < 1.29 is 14.5 Å². The number of nitro groups is 1. The molecule has 1 N–H and O–H groups in total. The van der Waals surface area contributed by atoms with Gasteiger partial charge in [-0.15, -0.1) is 0 Å². The molecule has 1 aromatic heterocycles. The number of non-ortho nitro benzene ring substituents is 1. The molecule has 0 atom stereocenters. The summed E-state index contributed by atoms with van der Waals surface area (Å²) in [6, 6.07) is 13.3. The van der Waals surface area contributed by atoms with E-state index >= 15 is 0 Å². The quantitative estimate of drug-likeness (QED) is 0.485. The molecule has 1 aliphatic rings. The summed E-state index contributed by atoms with van der Waals surface area (Å²) in [6.45, 7) is 3.84. The van der Waals surface area contributed by atoms with Crippen molar-refractivity contribution in [2.45, 2.75) is 6.92 Å². The van der Waals surface area contributed by atoms with Crippen molar-refractivity contribution in [1.29, 1.82) is 0 Å². The van der Waals surface area contributed by atoms with E-state index in [4.69, 9.17) is 4.74 Å². The standard InChI is InChI=1S/C22H23N5O5/c1-15-20(22(29)26(24(15)2)16-6-4-3-5-7-16)23-21(28)18-14-17(27(30)31)8-9-19(18)25-10-12-32-13-11-25/h3-9,14H,10-13H2,1-2H3,(H,23,28). The Labute approximate surface area is 183 Å². The number of hydrogen-bond acceptors (Lipinski definition) is 6. The Morgan fingerprint density at radius 3 is 2.47 bits per heavy atom. The zero-order valence-corrected chi connectivity index (χ0v) is 17.8. The summed E-state index contributed by atoms with van der Waals surface area (Å²) in [4.78, 5) is 39.1. The van der Waals surface area contributed by atoms with E-state index in [-0.39, 0.29) is 22.5 Å². The molecule has 4 rings (SSSR count). The highest BCUT2D eigenvalue weighted by atomic mass is 16.6. The van der Waals surface area contributed by atoms with Gasteiger partial charge in [-0.25, -0.2) is 4.68 Å². The Bertz CT molecular complexity index is 1230. The minimum Gasteiger partial charge on any atom is -0.378 e. The summed E-state index contributed by atoms with van der Waals surface area (Å²) in [5.74, 6) is -0.582. The van der Waals surface area contributed by atoms with Crippen molar-refractivity contribution >= 4 is 23.0 Å². The molecule has 166 valence electrons. The molecule has 1 saturated heterocycles. The van der Waals surface area contributed by atoms with Gasteiger partial charge in [0, 0.05) is 32.3 Å². The molecule has 0 saturated carbocycles. The molecule has 0 spiro atoms. The Morgan fingerprint density at radius 1 is 1.12 bits per heavy atom. The fourth-order valence-electron chi connectivity index (χ4n) is 3.79. The minimum absolute atomic E-state index is 0.126. The molecule has 0 unspecified atom stereocenters. The normalized spacial score (nSPS) is 13.8. The average Bonchev–Trinajstić information content (AvgIpc) is 3.02. The molecule has 1 aliphatic heterocycles. The zero-order valence-electron chi connectivity index (χ0n) is 17.8. The maximum Gasteiger partial charge on any atom is 0.295 e. The number of amides is 1. The lowest BCUT2D eigenvalue weighted by molar-refractivity contribution is -0.384. The van der Waals surface area contributed by atoms with Crippen LogP contribution in [0.15, 0.2) is 53.3 Å². The van der Waals surface area contributed by atoms with Gasteiger partial charge in [-0.3, -0.25) is 24.4 Å². The number of aromatic nitrogens is 2. The van der Waals surface area contributed by atoms with Gasteiger partial charge in [0.15, 0.2) is 0 Å². The van der Waals surface area contributed by atoms with Crippen LogP contribution in [0.2, 0.25) is 0 Å². The number of hydrogen-bond donors (Lipinski definition) is 1. The number of nitro benzene ring substituents is 1. The summed E-state index contributed by atoms with van der Waals surface area (Å²) < 4.78 is 8.49. The summed E-state index contributed by atoms with van der Waals surface area (Å²) in [6.07, 6.45) is 0. The van der Waals surface area contributed by atoms with E-state index < -0.39 is 10.8 Å². The average molecular weight is 437 g/mol. The highest BCUT2D eigenvalue weighted by molar-refractivity contribution is 6.08. The number of nitrogens with one attached hydrogen (secondary N) is 1. The van der Waals surface area contributed by atoms with Gasteiger partial charge in [-0.2, -0.15) is 0 Å². The van der Waals surface area contributed by atoms with Gasteiger partial charge >= 0.3 is 0 Å². The second-order valence-electron chi connectivity index (χ2n) is 7.45. The first kappa shape index (κ1) is 21.3. The number of carbonyl (C=O) groups excluding carboxylic acids is 1. The van der Waals surface area contributed by atoms with Crippen LogP contribution in [0, 0.1) is 17.0 Å². The first-order valence-electron chi connectivity index (χ1n) is 10.1.